The summed E-state index contributed by atoms with van der Waals surface area (Å²) in [5, 5.41) is 3.52. The van der Waals surface area contributed by atoms with Gasteiger partial charge in [0.05, 0.1) is 11.1 Å². The van der Waals surface area contributed by atoms with Crippen LogP contribution in [0, 0.1) is 5.82 Å². The van der Waals surface area contributed by atoms with Crippen molar-refractivity contribution in [3.63, 3.8) is 0 Å². The van der Waals surface area contributed by atoms with Gasteiger partial charge in [0, 0.05) is 12.4 Å². The lowest BCUT2D eigenvalue weighted by atomic mass is 10.0. The molecule has 0 amide bonds. The summed E-state index contributed by atoms with van der Waals surface area (Å²) in [7, 11) is 0. The Bertz CT molecular complexity index is 513. The van der Waals surface area contributed by atoms with E-state index in [-0.39, 0.29) is 16.9 Å². The highest BCUT2D eigenvalue weighted by Gasteiger charge is 2.16. The summed E-state index contributed by atoms with van der Waals surface area (Å²) >= 11 is 5.81. The maximum Gasteiger partial charge on any atom is 0.145 e. The molecule has 0 aliphatic heterocycles. The molecule has 0 bridgehead atoms. The van der Waals surface area contributed by atoms with E-state index in [1.807, 2.05) is 0 Å². The van der Waals surface area contributed by atoms with E-state index in [4.69, 9.17) is 11.6 Å². The zero-order valence-corrected chi connectivity index (χ0v) is 11.5. The maximum absolute atomic E-state index is 13.9. The number of hydrogen-bond donors (Lipinski definition) is 2. The lowest BCUT2D eigenvalue weighted by molar-refractivity contribution is 0.495. The average molecular weight is 282 g/mol. The molecule has 19 heavy (non-hydrogen) atoms. The largest absolute Gasteiger partial charge is 0.347 e. The molecule has 2 N–H and O–H groups in total. The van der Waals surface area contributed by atoms with Gasteiger partial charge in [0.15, 0.2) is 0 Å². The Kier molecular flexibility index (Phi) is 4.93. The highest BCUT2D eigenvalue weighted by Crippen LogP contribution is 2.22. The van der Waals surface area contributed by atoms with Crippen molar-refractivity contribution in [3.8, 4) is 0 Å². The van der Waals surface area contributed by atoms with Gasteiger partial charge >= 0.3 is 0 Å². The molecule has 0 radical (unpaired) electrons. The van der Waals surface area contributed by atoms with Crippen LogP contribution in [-0.4, -0.2) is 16.5 Å². The van der Waals surface area contributed by atoms with E-state index in [0.29, 0.717) is 12.0 Å². The number of rotatable bonds is 6. The Hall–Kier alpha value is -1.39. The van der Waals surface area contributed by atoms with Crippen molar-refractivity contribution in [2.24, 2.45) is 0 Å². The molecule has 0 aliphatic carbocycles. The van der Waals surface area contributed by atoms with E-state index in [9.17, 15) is 4.39 Å². The van der Waals surface area contributed by atoms with Gasteiger partial charge in [0.25, 0.3) is 0 Å². The van der Waals surface area contributed by atoms with Crippen LogP contribution in [0.4, 0.5) is 4.39 Å². The van der Waals surface area contributed by atoms with E-state index < -0.39 is 0 Å². The van der Waals surface area contributed by atoms with Gasteiger partial charge in [-0.15, -0.1) is 0 Å². The first-order valence-corrected chi connectivity index (χ1v) is 6.75. The SMILES string of the molecule is CCCNC(Cc1cccc(Cl)c1F)c1ncc[nH]1. The van der Waals surface area contributed by atoms with Crippen molar-refractivity contribution >= 4 is 11.6 Å². The minimum absolute atomic E-state index is 0.0390. The predicted molar refractivity (Wildman–Crippen MR) is 74.7 cm³/mol. The average Bonchev–Trinajstić information content (AvgIpc) is 2.93. The molecule has 5 heteroatoms. The number of H-pyrrole nitrogens is 1. The number of aromatic nitrogens is 2. The second-order valence-corrected chi connectivity index (χ2v) is 4.81. The van der Waals surface area contributed by atoms with Crippen LogP contribution in [0.1, 0.15) is 30.8 Å². The Labute approximate surface area is 117 Å². The summed E-state index contributed by atoms with van der Waals surface area (Å²) in [6.07, 6.45) is 4.99. The van der Waals surface area contributed by atoms with Crippen LogP contribution in [0.3, 0.4) is 0 Å². The first kappa shape index (κ1) is 14.0. The number of hydrogen-bond acceptors (Lipinski definition) is 2. The minimum atomic E-state index is -0.348. The van der Waals surface area contributed by atoms with E-state index in [0.717, 1.165) is 18.8 Å². The molecular formula is C14H17ClFN3. The molecule has 1 unspecified atom stereocenters. The molecule has 1 aromatic heterocycles. The standard InChI is InChI=1S/C14H17ClFN3/c1-2-6-17-12(14-18-7-8-19-14)9-10-4-3-5-11(15)13(10)16/h3-5,7-8,12,17H,2,6,9H2,1H3,(H,18,19). The van der Waals surface area contributed by atoms with Crippen LogP contribution in [0.2, 0.25) is 5.02 Å². The fourth-order valence-electron chi connectivity index (χ4n) is 1.98. The smallest absolute Gasteiger partial charge is 0.145 e. The van der Waals surface area contributed by atoms with E-state index in [2.05, 4.69) is 22.2 Å². The lowest BCUT2D eigenvalue weighted by Gasteiger charge is -2.17. The van der Waals surface area contributed by atoms with Gasteiger partial charge in [-0.05, 0) is 31.0 Å². The highest BCUT2D eigenvalue weighted by molar-refractivity contribution is 6.30. The number of aromatic amines is 1. The minimum Gasteiger partial charge on any atom is -0.347 e. The van der Waals surface area contributed by atoms with E-state index >= 15 is 0 Å². The van der Waals surface area contributed by atoms with Gasteiger partial charge in [-0.1, -0.05) is 30.7 Å². The third-order valence-corrected chi connectivity index (χ3v) is 3.24. The molecule has 0 fully saturated rings. The van der Waals surface area contributed by atoms with E-state index in [1.165, 1.54) is 0 Å². The first-order chi connectivity index (χ1) is 9.22. The molecule has 0 spiro atoms. The summed E-state index contributed by atoms with van der Waals surface area (Å²) in [4.78, 5) is 7.32. The third-order valence-electron chi connectivity index (χ3n) is 2.95. The number of benzene rings is 1. The number of nitrogens with zero attached hydrogens (tertiary/aromatic N) is 1. The number of nitrogens with one attached hydrogen (secondary N) is 2. The van der Waals surface area contributed by atoms with Gasteiger partial charge in [-0.2, -0.15) is 0 Å². The summed E-state index contributed by atoms with van der Waals surface area (Å²) in [6.45, 7) is 2.94. The van der Waals surface area contributed by atoms with Gasteiger partial charge in [-0.25, -0.2) is 9.37 Å². The third kappa shape index (κ3) is 3.55. The molecule has 1 heterocycles. The Morgan fingerprint density at radius 1 is 1.47 bits per heavy atom. The molecule has 3 nitrogen and oxygen atoms in total. The second-order valence-electron chi connectivity index (χ2n) is 4.40. The van der Waals surface area contributed by atoms with Crippen molar-refractivity contribution in [3.05, 3.63) is 52.8 Å². The van der Waals surface area contributed by atoms with Crippen LogP contribution in [-0.2, 0) is 6.42 Å². The zero-order valence-electron chi connectivity index (χ0n) is 10.8. The van der Waals surface area contributed by atoms with Gasteiger partial charge < -0.3 is 10.3 Å². The fraction of sp³-hybridized carbons (Fsp3) is 0.357. The molecule has 0 aliphatic rings. The van der Waals surface area contributed by atoms with Crippen molar-refractivity contribution in [1.82, 2.24) is 15.3 Å². The summed E-state index contributed by atoms with van der Waals surface area (Å²) in [5.41, 5.74) is 0.595. The van der Waals surface area contributed by atoms with Crippen LogP contribution in [0.15, 0.2) is 30.6 Å². The number of halogens is 2. The van der Waals surface area contributed by atoms with Crippen molar-refractivity contribution in [2.45, 2.75) is 25.8 Å². The van der Waals surface area contributed by atoms with Crippen molar-refractivity contribution in [2.75, 3.05) is 6.54 Å². The molecule has 1 aromatic carbocycles. The van der Waals surface area contributed by atoms with E-state index in [1.54, 1.807) is 30.6 Å². The monoisotopic (exact) mass is 281 g/mol. The van der Waals surface area contributed by atoms with Crippen molar-refractivity contribution < 1.29 is 4.39 Å². The molecule has 2 rings (SSSR count). The normalized spacial score (nSPS) is 12.6. The Morgan fingerprint density at radius 3 is 3.00 bits per heavy atom. The summed E-state index contributed by atoms with van der Waals surface area (Å²) in [6, 6.07) is 5.04. The fourth-order valence-corrected chi connectivity index (χ4v) is 2.17. The topological polar surface area (TPSA) is 40.7 Å². The van der Waals surface area contributed by atoms with Crippen LogP contribution in [0.5, 0.6) is 0 Å². The van der Waals surface area contributed by atoms with Crippen LogP contribution < -0.4 is 5.32 Å². The molecule has 102 valence electrons. The molecule has 2 aromatic rings. The predicted octanol–water partition coefficient (Wildman–Crippen LogP) is 3.49. The van der Waals surface area contributed by atoms with Gasteiger partial charge in [0.2, 0.25) is 0 Å². The van der Waals surface area contributed by atoms with Gasteiger partial charge in [-0.3, -0.25) is 0 Å². The molecule has 1 atom stereocenters. The molecule has 0 saturated carbocycles. The first-order valence-electron chi connectivity index (χ1n) is 6.38. The Morgan fingerprint density at radius 2 is 2.32 bits per heavy atom. The maximum atomic E-state index is 13.9. The number of imidazole rings is 1. The summed E-state index contributed by atoms with van der Waals surface area (Å²) < 4.78 is 13.9. The van der Waals surface area contributed by atoms with Crippen LogP contribution >= 0.6 is 11.6 Å². The van der Waals surface area contributed by atoms with Crippen LogP contribution in [0.25, 0.3) is 0 Å². The Balaban J connectivity index is 2.18. The lowest BCUT2D eigenvalue weighted by Crippen LogP contribution is -2.25. The zero-order chi connectivity index (χ0) is 13.7. The van der Waals surface area contributed by atoms with Crippen molar-refractivity contribution in [1.29, 1.82) is 0 Å². The molecular weight excluding hydrogens is 265 g/mol. The summed E-state index contributed by atoms with van der Waals surface area (Å²) in [5.74, 6) is 0.465. The molecule has 0 saturated heterocycles. The highest BCUT2D eigenvalue weighted by atomic mass is 35.5. The quantitative estimate of drug-likeness (QED) is 0.851. The van der Waals surface area contributed by atoms with Gasteiger partial charge in [0.1, 0.15) is 11.6 Å². The second kappa shape index (κ2) is 6.68.